The maximum Gasteiger partial charge on any atom is 0.397 e. The predicted octanol–water partition coefficient (Wildman–Crippen LogP) is -1.76. The Bertz CT molecular complexity index is 305. The normalized spacial score (nSPS) is 36.7. The number of hydrogen-bond acceptors (Lipinski definition) is 5. The average Bonchev–Trinajstić information content (AvgIpc) is 2.42. The number of hydrogen-bond donors (Lipinski definition) is 5. The third-order valence-electron chi connectivity index (χ3n) is 2.27. The molecular formula is C6H11F2O7P. The molecule has 0 unspecified atom stereocenters. The zero-order valence-corrected chi connectivity index (χ0v) is 8.67. The second-order valence-electron chi connectivity index (χ2n) is 3.39. The molecule has 0 radical (unpaired) electrons. The summed E-state index contributed by atoms with van der Waals surface area (Å²) in [6, 6.07) is 0. The number of aliphatic hydroxyl groups is 3. The fourth-order valence-electron chi connectivity index (χ4n) is 1.35. The van der Waals surface area contributed by atoms with Gasteiger partial charge in [-0.25, -0.2) is 0 Å². The average molecular weight is 264 g/mol. The Labute approximate surface area is 88.4 Å². The molecule has 0 aromatic rings. The Balaban J connectivity index is 2.95. The van der Waals surface area contributed by atoms with Crippen LogP contribution in [0.1, 0.15) is 0 Å². The van der Waals surface area contributed by atoms with E-state index >= 15 is 0 Å². The van der Waals surface area contributed by atoms with Crippen LogP contribution in [0.5, 0.6) is 0 Å². The van der Waals surface area contributed by atoms with Gasteiger partial charge in [0.1, 0.15) is 18.3 Å². The third kappa shape index (κ3) is 2.12. The first-order valence-electron chi connectivity index (χ1n) is 4.19. The van der Waals surface area contributed by atoms with Crippen LogP contribution in [0, 0.1) is 0 Å². The van der Waals surface area contributed by atoms with E-state index in [4.69, 9.17) is 25.1 Å². The molecule has 1 saturated heterocycles. The molecule has 4 atom stereocenters. The molecule has 1 heterocycles. The summed E-state index contributed by atoms with van der Waals surface area (Å²) in [5, 5.41) is 26.9. The lowest BCUT2D eigenvalue weighted by Crippen LogP contribution is -2.43. The summed E-state index contributed by atoms with van der Waals surface area (Å²) >= 11 is 0. The van der Waals surface area contributed by atoms with Gasteiger partial charge in [-0.3, -0.25) is 4.57 Å². The molecule has 16 heavy (non-hydrogen) atoms. The lowest BCUT2D eigenvalue weighted by molar-refractivity contribution is -0.122. The molecule has 1 aliphatic heterocycles. The topological polar surface area (TPSA) is 127 Å². The first-order valence-corrected chi connectivity index (χ1v) is 5.80. The molecule has 0 aromatic carbocycles. The fourth-order valence-corrected chi connectivity index (χ4v) is 1.90. The van der Waals surface area contributed by atoms with Gasteiger partial charge in [0.15, 0.2) is 6.10 Å². The van der Waals surface area contributed by atoms with Crippen molar-refractivity contribution >= 4 is 7.60 Å². The zero-order chi connectivity index (χ0) is 12.7. The first-order chi connectivity index (χ1) is 7.13. The molecule has 0 saturated carbocycles. The molecule has 5 N–H and O–H groups in total. The highest BCUT2D eigenvalue weighted by Crippen LogP contribution is 2.57. The van der Waals surface area contributed by atoms with E-state index in [1.54, 1.807) is 0 Å². The van der Waals surface area contributed by atoms with Crippen LogP contribution in [-0.2, 0) is 9.30 Å². The van der Waals surface area contributed by atoms with E-state index in [9.17, 15) is 13.3 Å². The van der Waals surface area contributed by atoms with Crippen molar-refractivity contribution in [2.75, 3.05) is 6.61 Å². The molecule has 0 aromatic heterocycles. The van der Waals surface area contributed by atoms with Crippen LogP contribution in [0.2, 0.25) is 0 Å². The van der Waals surface area contributed by atoms with E-state index < -0.39 is 44.3 Å². The largest absolute Gasteiger partial charge is 0.397 e. The van der Waals surface area contributed by atoms with Gasteiger partial charge in [0.05, 0.1) is 6.61 Å². The van der Waals surface area contributed by atoms with Crippen molar-refractivity contribution in [3.8, 4) is 0 Å². The highest BCUT2D eigenvalue weighted by atomic mass is 31.2. The molecule has 0 spiro atoms. The SMILES string of the molecule is O=P(O)(O)C(F)(F)[C@H]1O[C@H](CO)[C@@H](O)[C@H]1O. The fraction of sp³-hybridized carbons (Fsp3) is 1.00. The zero-order valence-electron chi connectivity index (χ0n) is 7.77. The van der Waals surface area contributed by atoms with Gasteiger partial charge < -0.3 is 29.8 Å². The van der Waals surface area contributed by atoms with Gasteiger partial charge in [-0.1, -0.05) is 0 Å². The Morgan fingerprint density at radius 2 is 1.75 bits per heavy atom. The maximum atomic E-state index is 13.1. The first kappa shape index (κ1) is 13.9. The van der Waals surface area contributed by atoms with Gasteiger partial charge in [0, 0.05) is 0 Å². The summed E-state index contributed by atoms with van der Waals surface area (Å²) in [4.78, 5) is 16.8. The molecule has 10 heteroatoms. The van der Waals surface area contributed by atoms with Crippen LogP contribution in [0.15, 0.2) is 0 Å². The van der Waals surface area contributed by atoms with Crippen molar-refractivity contribution in [2.24, 2.45) is 0 Å². The van der Waals surface area contributed by atoms with Crippen LogP contribution in [0.25, 0.3) is 0 Å². The molecule has 1 aliphatic rings. The molecule has 0 amide bonds. The summed E-state index contributed by atoms with van der Waals surface area (Å²) in [5.74, 6) is 0. The van der Waals surface area contributed by atoms with Gasteiger partial charge in [-0.15, -0.1) is 0 Å². The van der Waals surface area contributed by atoms with Crippen LogP contribution in [0.3, 0.4) is 0 Å². The van der Waals surface area contributed by atoms with E-state index in [0.717, 1.165) is 0 Å². The van der Waals surface area contributed by atoms with E-state index in [2.05, 4.69) is 4.74 Å². The summed E-state index contributed by atoms with van der Waals surface area (Å²) in [5.41, 5.74) is -4.63. The van der Waals surface area contributed by atoms with Gasteiger partial charge in [-0.05, 0) is 0 Å². The van der Waals surface area contributed by atoms with Crippen LogP contribution >= 0.6 is 7.60 Å². The molecule has 96 valence electrons. The number of alkyl halides is 2. The van der Waals surface area contributed by atoms with Crippen molar-refractivity contribution in [3.63, 3.8) is 0 Å². The van der Waals surface area contributed by atoms with Crippen LogP contribution in [0.4, 0.5) is 8.78 Å². The number of rotatable bonds is 3. The summed E-state index contributed by atoms with van der Waals surface area (Å²) in [6.07, 6.45) is -8.06. The summed E-state index contributed by atoms with van der Waals surface area (Å²) in [6.45, 7) is -0.855. The lowest BCUT2D eigenvalue weighted by Gasteiger charge is -2.25. The predicted molar refractivity (Wildman–Crippen MR) is 44.8 cm³/mol. The van der Waals surface area contributed by atoms with Gasteiger partial charge in [-0.2, -0.15) is 8.78 Å². The third-order valence-corrected chi connectivity index (χ3v) is 3.30. The van der Waals surface area contributed by atoms with E-state index in [1.165, 1.54) is 0 Å². The molecule has 0 aliphatic carbocycles. The molecular weight excluding hydrogens is 253 g/mol. The van der Waals surface area contributed by atoms with Crippen molar-refractivity contribution < 1.29 is 43.2 Å². The monoisotopic (exact) mass is 264 g/mol. The van der Waals surface area contributed by atoms with E-state index in [1.807, 2.05) is 0 Å². The van der Waals surface area contributed by atoms with Crippen molar-refractivity contribution in [3.05, 3.63) is 0 Å². The highest BCUT2D eigenvalue weighted by molar-refractivity contribution is 7.53. The molecule has 1 fully saturated rings. The number of ether oxygens (including phenoxy) is 1. The summed E-state index contributed by atoms with van der Waals surface area (Å²) < 4.78 is 41.1. The van der Waals surface area contributed by atoms with Gasteiger partial charge in [0.2, 0.25) is 0 Å². The van der Waals surface area contributed by atoms with Crippen LogP contribution in [-0.4, -0.2) is 61.8 Å². The smallest absolute Gasteiger partial charge is 0.394 e. The minimum Gasteiger partial charge on any atom is -0.394 e. The highest BCUT2D eigenvalue weighted by Gasteiger charge is 2.63. The van der Waals surface area contributed by atoms with E-state index in [-0.39, 0.29) is 0 Å². The molecule has 7 nitrogen and oxygen atoms in total. The lowest BCUT2D eigenvalue weighted by atomic mass is 10.1. The summed E-state index contributed by atoms with van der Waals surface area (Å²) in [7, 11) is -5.83. The quantitative estimate of drug-likeness (QED) is 0.382. The minimum absolute atomic E-state index is 0.855. The Morgan fingerprint density at radius 1 is 1.25 bits per heavy atom. The van der Waals surface area contributed by atoms with Crippen LogP contribution < -0.4 is 0 Å². The minimum atomic E-state index is -5.83. The second-order valence-corrected chi connectivity index (χ2v) is 5.08. The maximum absolute atomic E-state index is 13.1. The van der Waals surface area contributed by atoms with Crippen molar-refractivity contribution in [1.29, 1.82) is 0 Å². The Morgan fingerprint density at radius 3 is 2.06 bits per heavy atom. The Hall–Kier alpha value is -0.150. The standard InChI is InChI=1S/C6H11F2O7P/c7-6(8,16(12,13)14)5-4(11)3(10)2(1-9)15-5/h2-5,9-11H,1H2,(H2,12,13,14)/t2-,3-,4-,5+/m1/s1. The molecule has 0 bridgehead atoms. The van der Waals surface area contributed by atoms with Gasteiger partial charge in [0.25, 0.3) is 0 Å². The Kier molecular flexibility index (Phi) is 3.71. The number of halogens is 2. The van der Waals surface area contributed by atoms with E-state index in [0.29, 0.717) is 0 Å². The van der Waals surface area contributed by atoms with Gasteiger partial charge >= 0.3 is 13.3 Å². The van der Waals surface area contributed by atoms with Crippen molar-refractivity contribution in [2.45, 2.75) is 30.1 Å². The number of aliphatic hydroxyl groups excluding tert-OH is 3. The second kappa shape index (κ2) is 4.26. The molecule has 1 rings (SSSR count). The van der Waals surface area contributed by atoms with Crippen molar-refractivity contribution in [1.82, 2.24) is 0 Å².